The van der Waals surface area contributed by atoms with E-state index in [1.807, 2.05) is 4.90 Å². The van der Waals surface area contributed by atoms with Crippen molar-refractivity contribution in [2.24, 2.45) is 0 Å². The van der Waals surface area contributed by atoms with E-state index in [0.717, 1.165) is 37.5 Å². The third-order valence-corrected chi connectivity index (χ3v) is 3.93. The van der Waals surface area contributed by atoms with Gasteiger partial charge in [0.25, 0.3) is 0 Å². The molecule has 2 fully saturated rings. The maximum Gasteiger partial charge on any atom is 0.321 e. The highest BCUT2D eigenvalue weighted by molar-refractivity contribution is 5.90. The number of nitrogens with one attached hydrogen (secondary N) is 1. The van der Waals surface area contributed by atoms with Crippen LogP contribution in [0.15, 0.2) is 18.2 Å². The van der Waals surface area contributed by atoms with E-state index in [-0.39, 0.29) is 6.03 Å². The molecule has 1 N–H and O–H groups in total. The number of hydrogen-bond acceptors (Lipinski definition) is 1. The minimum atomic E-state index is 0.0507. The lowest BCUT2D eigenvalue weighted by Crippen LogP contribution is -2.32. The minimum Gasteiger partial charge on any atom is -0.325 e. The first kappa shape index (κ1) is 11.6. The van der Waals surface area contributed by atoms with Crippen LogP contribution in [0.2, 0.25) is 0 Å². The molecule has 3 nitrogen and oxygen atoms in total. The van der Waals surface area contributed by atoms with Gasteiger partial charge in [0.15, 0.2) is 0 Å². The Morgan fingerprint density at radius 3 is 2.61 bits per heavy atom. The molecule has 3 heteroatoms. The molecule has 2 amide bonds. The SMILES string of the molecule is Cc1cc(C2CC2)ccc1NC(=O)N1CCCC1. The summed E-state index contributed by atoms with van der Waals surface area (Å²) in [4.78, 5) is 13.9. The van der Waals surface area contributed by atoms with Crippen LogP contribution in [0.4, 0.5) is 10.5 Å². The lowest BCUT2D eigenvalue weighted by atomic mass is 10.1. The van der Waals surface area contributed by atoms with Gasteiger partial charge in [0, 0.05) is 18.8 Å². The number of benzene rings is 1. The fourth-order valence-corrected chi connectivity index (χ4v) is 2.61. The number of nitrogens with zero attached hydrogens (tertiary/aromatic N) is 1. The molecule has 0 unspecified atom stereocenters. The Bertz CT molecular complexity index is 460. The number of carbonyl (C=O) groups excluding carboxylic acids is 1. The molecule has 96 valence electrons. The molecule has 1 aliphatic carbocycles. The van der Waals surface area contributed by atoms with E-state index < -0.39 is 0 Å². The molecule has 1 saturated carbocycles. The second-order valence-corrected chi connectivity index (χ2v) is 5.47. The zero-order valence-electron chi connectivity index (χ0n) is 10.9. The van der Waals surface area contributed by atoms with Gasteiger partial charge in [-0.2, -0.15) is 0 Å². The van der Waals surface area contributed by atoms with Gasteiger partial charge in [0.05, 0.1) is 0 Å². The van der Waals surface area contributed by atoms with Crippen LogP contribution in [-0.2, 0) is 0 Å². The highest BCUT2D eigenvalue weighted by Crippen LogP contribution is 2.40. The van der Waals surface area contributed by atoms with Crippen LogP contribution in [0, 0.1) is 6.92 Å². The number of carbonyl (C=O) groups is 1. The van der Waals surface area contributed by atoms with Gasteiger partial charge < -0.3 is 10.2 Å². The molecular formula is C15H20N2O. The van der Waals surface area contributed by atoms with Gasteiger partial charge >= 0.3 is 6.03 Å². The summed E-state index contributed by atoms with van der Waals surface area (Å²) in [7, 11) is 0. The van der Waals surface area contributed by atoms with Gasteiger partial charge in [-0.3, -0.25) is 0 Å². The number of likely N-dealkylation sites (tertiary alicyclic amines) is 1. The zero-order chi connectivity index (χ0) is 12.5. The molecule has 18 heavy (non-hydrogen) atoms. The van der Waals surface area contributed by atoms with E-state index in [0.29, 0.717) is 0 Å². The number of aryl methyl sites for hydroxylation is 1. The van der Waals surface area contributed by atoms with E-state index in [1.165, 1.54) is 24.0 Å². The van der Waals surface area contributed by atoms with Crippen molar-refractivity contribution in [1.82, 2.24) is 4.90 Å². The van der Waals surface area contributed by atoms with Crippen molar-refractivity contribution >= 4 is 11.7 Å². The molecule has 3 rings (SSSR count). The first-order valence-electron chi connectivity index (χ1n) is 6.90. The minimum absolute atomic E-state index is 0.0507. The first-order valence-corrected chi connectivity index (χ1v) is 6.90. The van der Waals surface area contributed by atoms with Gasteiger partial charge in [0.2, 0.25) is 0 Å². The molecule has 1 aromatic carbocycles. The van der Waals surface area contributed by atoms with E-state index >= 15 is 0 Å². The topological polar surface area (TPSA) is 32.3 Å². The predicted octanol–water partition coefficient (Wildman–Crippen LogP) is 3.50. The summed E-state index contributed by atoms with van der Waals surface area (Å²) < 4.78 is 0. The zero-order valence-corrected chi connectivity index (χ0v) is 10.9. The Morgan fingerprint density at radius 2 is 2.00 bits per heavy atom. The fraction of sp³-hybridized carbons (Fsp3) is 0.533. The standard InChI is InChI=1S/C15H20N2O/c1-11-10-13(12-4-5-12)6-7-14(11)16-15(18)17-8-2-3-9-17/h6-7,10,12H,2-5,8-9H2,1H3,(H,16,18). The van der Waals surface area contributed by atoms with E-state index in [9.17, 15) is 4.79 Å². The molecule has 0 radical (unpaired) electrons. The van der Waals surface area contributed by atoms with Gasteiger partial charge in [-0.15, -0.1) is 0 Å². The Kier molecular flexibility index (Phi) is 2.98. The average molecular weight is 244 g/mol. The van der Waals surface area contributed by atoms with Crippen LogP contribution >= 0.6 is 0 Å². The summed E-state index contributed by atoms with van der Waals surface area (Å²) >= 11 is 0. The van der Waals surface area contributed by atoms with E-state index in [1.54, 1.807) is 0 Å². The molecule has 0 bridgehead atoms. The number of amides is 2. The van der Waals surface area contributed by atoms with Crippen LogP contribution in [0.25, 0.3) is 0 Å². The van der Waals surface area contributed by atoms with Gasteiger partial charge in [0.1, 0.15) is 0 Å². The van der Waals surface area contributed by atoms with Crippen molar-refractivity contribution in [3.8, 4) is 0 Å². The van der Waals surface area contributed by atoms with Crippen molar-refractivity contribution in [3.05, 3.63) is 29.3 Å². The van der Waals surface area contributed by atoms with Crippen LogP contribution < -0.4 is 5.32 Å². The molecule has 1 aliphatic heterocycles. The van der Waals surface area contributed by atoms with Crippen LogP contribution in [0.1, 0.15) is 42.7 Å². The summed E-state index contributed by atoms with van der Waals surface area (Å²) in [6.07, 6.45) is 4.90. The molecule has 0 aromatic heterocycles. The summed E-state index contributed by atoms with van der Waals surface area (Å²) in [6.45, 7) is 3.86. The Hall–Kier alpha value is -1.51. The quantitative estimate of drug-likeness (QED) is 0.848. The molecule has 2 aliphatic rings. The smallest absolute Gasteiger partial charge is 0.321 e. The van der Waals surface area contributed by atoms with Crippen molar-refractivity contribution < 1.29 is 4.79 Å². The largest absolute Gasteiger partial charge is 0.325 e. The van der Waals surface area contributed by atoms with Gasteiger partial charge in [-0.05, 0) is 55.7 Å². The highest BCUT2D eigenvalue weighted by atomic mass is 16.2. The van der Waals surface area contributed by atoms with E-state index in [4.69, 9.17) is 0 Å². The molecule has 1 aromatic rings. The predicted molar refractivity (Wildman–Crippen MR) is 73.0 cm³/mol. The van der Waals surface area contributed by atoms with Crippen molar-refractivity contribution in [1.29, 1.82) is 0 Å². The summed E-state index contributed by atoms with van der Waals surface area (Å²) in [5, 5.41) is 3.03. The molecule has 1 heterocycles. The first-order chi connectivity index (χ1) is 8.74. The van der Waals surface area contributed by atoms with Gasteiger partial charge in [-0.1, -0.05) is 12.1 Å². The summed E-state index contributed by atoms with van der Waals surface area (Å²) in [5.41, 5.74) is 3.55. The average Bonchev–Trinajstić information content (AvgIpc) is 3.06. The molecule has 0 atom stereocenters. The van der Waals surface area contributed by atoms with E-state index in [2.05, 4.69) is 30.4 Å². The number of anilines is 1. The lowest BCUT2D eigenvalue weighted by Gasteiger charge is -2.17. The van der Waals surface area contributed by atoms with Crippen molar-refractivity contribution in [2.45, 2.75) is 38.5 Å². The Balaban J connectivity index is 1.69. The lowest BCUT2D eigenvalue weighted by molar-refractivity contribution is 0.222. The van der Waals surface area contributed by atoms with Gasteiger partial charge in [-0.25, -0.2) is 4.79 Å². The monoisotopic (exact) mass is 244 g/mol. The Labute approximate surface area is 108 Å². The molecule has 0 spiro atoms. The van der Waals surface area contributed by atoms with Crippen molar-refractivity contribution in [2.75, 3.05) is 18.4 Å². The van der Waals surface area contributed by atoms with Crippen LogP contribution in [0.5, 0.6) is 0 Å². The number of rotatable bonds is 2. The number of hydrogen-bond donors (Lipinski definition) is 1. The highest BCUT2D eigenvalue weighted by Gasteiger charge is 2.24. The number of urea groups is 1. The van der Waals surface area contributed by atoms with Crippen molar-refractivity contribution in [3.63, 3.8) is 0 Å². The third-order valence-electron chi connectivity index (χ3n) is 3.93. The third kappa shape index (κ3) is 2.35. The second kappa shape index (κ2) is 4.63. The second-order valence-electron chi connectivity index (χ2n) is 5.47. The normalized spacial score (nSPS) is 19.1. The van der Waals surface area contributed by atoms with Crippen LogP contribution in [0.3, 0.4) is 0 Å². The maximum absolute atomic E-state index is 12.0. The summed E-state index contributed by atoms with van der Waals surface area (Å²) in [6, 6.07) is 6.48. The summed E-state index contributed by atoms with van der Waals surface area (Å²) in [5.74, 6) is 0.770. The maximum atomic E-state index is 12.0. The van der Waals surface area contributed by atoms with Crippen LogP contribution in [-0.4, -0.2) is 24.0 Å². The molecular weight excluding hydrogens is 224 g/mol. The Morgan fingerprint density at radius 1 is 1.28 bits per heavy atom. The molecule has 1 saturated heterocycles. The fourth-order valence-electron chi connectivity index (χ4n) is 2.61.